The molecule has 0 radical (unpaired) electrons. The Hall–Kier alpha value is -4.57. The Balaban J connectivity index is 4.49. The van der Waals surface area contributed by atoms with Crippen molar-refractivity contribution >= 4 is 33.6 Å². The van der Waals surface area contributed by atoms with Gasteiger partial charge in [-0.3, -0.25) is 32.5 Å². The number of phosphoric acid groups is 2. The molecule has 698 valence electrons. The zero-order chi connectivity index (χ0) is 87.9. The number of aliphatic hydroxyl groups is 2. The Morgan fingerprint density at radius 3 is 0.694 bits per heavy atom. The molecule has 0 aromatic carbocycles. The third-order valence-electron chi connectivity index (χ3n) is 21.0. The zero-order valence-electron chi connectivity index (χ0n) is 77.2. The third kappa shape index (κ3) is 95.9. The molecular formula is C103H180O16P2. The van der Waals surface area contributed by atoms with Crippen LogP contribution in [0, 0.1) is 0 Å². The predicted molar refractivity (Wildman–Crippen MR) is 509 cm³/mol. The van der Waals surface area contributed by atoms with E-state index in [0.717, 1.165) is 141 Å². The molecule has 5 atom stereocenters. The van der Waals surface area contributed by atoms with E-state index in [-0.39, 0.29) is 19.3 Å². The number of unbranched alkanes of at least 4 members (excludes halogenated alkanes) is 46. The smallest absolute Gasteiger partial charge is 0.463 e. The van der Waals surface area contributed by atoms with Crippen LogP contribution in [0.15, 0.2) is 146 Å². The first-order chi connectivity index (χ1) is 59.2. The van der Waals surface area contributed by atoms with Crippen LogP contribution in [0.3, 0.4) is 0 Å². The average Bonchev–Trinajstić information content (AvgIpc) is 0.968. The second-order valence-corrected chi connectivity index (χ2v) is 35.7. The molecule has 5 unspecified atom stereocenters. The van der Waals surface area contributed by atoms with E-state index in [1.165, 1.54) is 231 Å². The van der Waals surface area contributed by atoms with Gasteiger partial charge in [0.1, 0.15) is 25.4 Å². The summed E-state index contributed by atoms with van der Waals surface area (Å²) >= 11 is 0. The minimum atomic E-state index is -4.95. The van der Waals surface area contributed by atoms with Crippen molar-refractivity contribution in [3.05, 3.63) is 146 Å². The minimum Gasteiger partial charge on any atom is -0.463 e. The highest BCUT2D eigenvalue weighted by atomic mass is 31.2. The van der Waals surface area contributed by atoms with Crippen LogP contribution in [0.25, 0.3) is 0 Å². The molecule has 121 heavy (non-hydrogen) atoms. The third-order valence-corrected chi connectivity index (χ3v) is 22.9. The number of esters is 3. The average molecular weight is 1740 g/mol. The van der Waals surface area contributed by atoms with E-state index in [1.54, 1.807) is 0 Å². The van der Waals surface area contributed by atoms with Crippen molar-refractivity contribution in [3.8, 4) is 0 Å². The van der Waals surface area contributed by atoms with E-state index in [2.05, 4.69) is 167 Å². The van der Waals surface area contributed by atoms with E-state index < -0.39 is 91.5 Å². The van der Waals surface area contributed by atoms with E-state index in [0.29, 0.717) is 19.3 Å². The molecule has 0 aliphatic carbocycles. The van der Waals surface area contributed by atoms with Crippen LogP contribution in [-0.2, 0) is 55.8 Å². The maximum atomic E-state index is 13.1. The minimum absolute atomic E-state index is 0.0870. The van der Waals surface area contributed by atoms with Gasteiger partial charge in [0.2, 0.25) is 0 Å². The number of rotatable bonds is 93. The Kier molecular flexibility index (Phi) is 91.0. The first-order valence-electron chi connectivity index (χ1n) is 49.1. The zero-order valence-corrected chi connectivity index (χ0v) is 79.0. The highest BCUT2D eigenvalue weighted by molar-refractivity contribution is 7.47. The van der Waals surface area contributed by atoms with Crippen molar-refractivity contribution in [2.75, 3.05) is 39.6 Å². The summed E-state index contributed by atoms with van der Waals surface area (Å²) in [7, 11) is -9.81. The van der Waals surface area contributed by atoms with E-state index >= 15 is 0 Å². The van der Waals surface area contributed by atoms with Crippen LogP contribution < -0.4 is 0 Å². The summed E-state index contributed by atoms with van der Waals surface area (Å²) in [4.78, 5) is 59.1. The number of hydrogen-bond acceptors (Lipinski definition) is 14. The molecule has 0 saturated heterocycles. The van der Waals surface area contributed by atoms with Crippen molar-refractivity contribution in [1.82, 2.24) is 0 Å². The Bertz CT molecular complexity index is 2780. The van der Waals surface area contributed by atoms with Gasteiger partial charge in [-0.1, -0.05) is 411 Å². The fourth-order valence-corrected chi connectivity index (χ4v) is 15.2. The maximum absolute atomic E-state index is 13.1. The lowest BCUT2D eigenvalue weighted by molar-refractivity contribution is -0.161. The van der Waals surface area contributed by atoms with Crippen LogP contribution in [0.2, 0.25) is 0 Å². The lowest BCUT2D eigenvalue weighted by atomic mass is 10.0. The van der Waals surface area contributed by atoms with Gasteiger partial charge in [-0.25, -0.2) is 9.13 Å². The lowest BCUT2D eigenvalue weighted by Crippen LogP contribution is -2.30. The summed E-state index contributed by atoms with van der Waals surface area (Å²) in [5.74, 6) is -1.57. The molecule has 0 aromatic heterocycles. The number of allylic oxidation sites excluding steroid dienone is 24. The number of carbonyl (C=O) groups excluding carboxylic acids is 3. The van der Waals surface area contributed by atoms with Gasteiger partial charge in [-0.15, -0.1) is 0 Å². The summed E-state index contributed by atoms with van der Waals surface area (Å²) in [5.41, 5.74) is 0. The van der Waals surface area contributed by atoms with Gasteiger partial charge in [0, 0.05) is 19.3 Å². The van der Waals surface area contributed by atoms with Crippen LogP contribution in [-0.4, -0.2) is 95.9 Å². The normalized spacial score (nSPS) is 14.3. The molecular weight excluding hydrogens is 1560 g/mol. The molecule has 0 fully saturated rings. The summed E-state index contributed by atoms with van der Waals surface area (Å²) in [6.45, 7) is 2.57. The molecule has 0 rings (SSSR count). The summed E-state index contributed by atoms with van der Waals surface area (Å²) in [6.07, 6.45) is 121. The van der Waals surface area contributed by atoms with Gasteiger partial charge in [0.15, 0.2) is 6.10 Å². The van der Waals surface area contributed by atoms with E-state index in [9.17, 15) is 43.5 Å². The molecule has 0 spiro atoms. The Labute approximate surface area is 740 Å². The largest absolute Gasteiger partial charge is 0.472 e. The number of phosphoric ester groups is 2. The summed E-state index contributed by atoms with van der Waals surface area (Å²) in [6, 6.07) is 0. The summed E-state index contributed by atoms with van der Waals surface area (Å²) < 4.78 is 61.5. The fraction of sp³-hybridized carbons (Fsp3) is 0.738. The monoisotopic (exact) mass is 1740 g/mol. The van der Waals surface area contributed by atoms with E-state index in [1.807, 2.05) is 0 Å². The molecule has 0 amide bonds. The lowest BCUT2D eigenvalue weighted by Gasteiger charge is -2.21. The Morgan fingerprint density at radius 2 is 0.438 bits per heavy atom. The summed E-state index contributed by atoms with van der Waals surface area (Å²) in [5, 5.41) is 20.8. The molecule has 0 heterocycles. The number of hydrogen-bond donors (Lipinski definition) is 4. The highest BCUT2D eigenvalue weighted by Gasteiger charge is 2.30. The first kappa shape index (κ1) is 116. The Morgan fingerprint density at radius 1 is 0.240 bits per heavy atom. The van der Waals surface area contributed by atoms with Crippen molar-refractivity contribution in [1.29, 1.82) is 0 Å². The SMILES string of the molecule is CC/C=C\C/C=C\C/C=C\C/C=C\CCCCCCCCC(=O)OC(COC(=O)CCCCCCCCCCCCCCCCC/C=C\C/C=C\C/C=C\C/C=C\CCCCC)COP(=O)(O)OCC(O)COP(=O)(O)OCC(O)COC(=O)CCCCCCCCCCCCCCCCCCCCC/C=C\C/C=C\C/C=C\C/C=C\CCCCC. The van der Waals surface area contributed by atoms with Crippen LogP contribution >= 0.6 is 15.6 Å². The van der Waals surface area contributed by atoms with Gasteiger partial charge >= 0.3 is 33.6 Å². The molecule has 4 N–H and O–H groups in total. The topological polar surface area (TPSA) is 231 Å². The molecule has 0 aliphatic rings. The fourth-order valence-electron chi connectivity index (χ4n) is 13.6. The standard InChI is InChI=1S/C103H180O16P2/c1-4-7-10-13-16-19-22-25-28-31-34-36-38-40-42-44-46-47-48-49-51-53-54-56-58-60-63-65-68-71-74-77-80-83-86-89-101(106)113-92-98(104)93-115-120(109,110)116-94-99(105)95-117-121(111,112)118-97-100(119-103(108)91-88-85-82-79-76-73-70-67-62-33-30-27-24-21-18-15-12-9-6-3)96-114-102(107)90-87-84-81-78-75-72-69-66-64-61-59-57-55-52-50-45-43-41-39-37-35-32-29-26-23-20-17-14-11-8-5-2/h9,12,16-21,25-30,34-37,40-43,62,67,98-100,104-105H,4-8,10-11,13-15,22-24,31-33,38-39,44-61,63-66,68-97H2,1-3H3,(H,109,110)(H,111,112)/b12-9-,19-16-,20-17-,21-18-,28-25-,29-26-,30-27-,36-34-,37-35-,42-40-,43-41-,67-62-. The number of carbonyl (C=O) groups is 3. The maximum Gasteiger partial charge on any atom is 0.472 e. The van der Waals surface area contributed by atoms with Crippen molar-refractivity contribution in [2.45, 2.75) is 450 Å². The van der Waals surface area contributed by atoms with Gasteiger partial charge in [-0.05, 0) is 148 Å². The molecule has 18 heteroatoms. The predicted octanol–water partition coefficient (Wildman–Crippen LogP) is 30.7. The van der Waals surface area contributed by atoms with Gasteiger partial charge < -0.3 is 34.2 Å². The number of ether oxygens (including phenoxy) is 3. The second-order valence-electron chi connectivity index (χ2n) is 32.8. The van der Waals surface area contributed by atoms with Crippen LogP contribution in [0.4, 0.5) is 0 Å². The highest BCUT2D eigenvalue weighted by Crippen LogP contribution is 2.45. The van der Waals surface area contributed by atoms with Crippen LogP contribution in [0.1, 0.15) is 432 Å². The van der Waals surface area contributed by atoms with E-state index in [4.69, 9.17) is 32.3 Å². The molecule has 0 aromatic rings. The van der Waals surface area contributed by atoms with Gasteiger partial charge in [0.25, 0.3) is 0 Å². The molecule has 16 nitrogen and oxygen atoms in total. The molecule has 0 aliphatic heterocycles. The first-order valence-corrected chi connectivity index (χ1v) is 52.1. The van der Waals surface area contributed by atoms with Crippen molar-refractivity contribution in [2.24, 2.45) is 0 Å². The van der Waals surface area contributed by atoms with Crippen molar-refractivity contribution < 1.29 is 75.8 Å². The van der Waals surface area contributed by atoms with Crippen molar-refractivity contribution in [3.63, 3.8) is 0 Å². The quantitative estimate of drug-likeness (QED) is 0.0146. The second kappa shape index (κ2) is 94.6. The van der Waals surface area contributed by atoms with Gasteiger partial charge in [0.05, 0.1) is 26.4 Å². The molecule has 0 bridgehead atoms. The molecule has 0 saturated carbocycles. The number of aliphatic hydroxyl groups excluding tert-OH is 2. The van der Waals surface area contributed by atoms with Gasteiger partial charge in [-0.2, -0.15) is 0 Å². The van der Waals surface area contributed by atoms with Crippen LogP contribution in [0.5, 0.6) is 0 Å².